The Bertz CT molecular complexity index is 218. The van der Waals surface area contributed by atoms with Gasteiger partial charge in [0.2, 0.25) is 0 Å². The van der Waals surface area contributed by atoms with E-state index in [1.54, 1.807) is 0 Å². The second kappa shape index (κ2) is 3.81. The highest BCUT2D eigenvalue weighted by molar-refractivity contribution is 7.79. The van der Waals surface area contributed by atoms with Crippen LogP contribution in [0.4, 0.5) is 0 Å². The van der Waals surface area contributed by atoms with Crippen LogP contribution in [0.15, 0.2) is 12.3 Å². The van der Waals surface area contributed by atoms with Gasteiger partial charge >= 0.3 is 0 Å². The molecule has 1 aromatic heterocycles. The van der Waals surface area contributed by atoms with Crippen molar-refractivity contribution < 1.29 is 0 Å². The van der Waals surface area contributed by atoms with E-state index in [4.69, 9.17) is 0 Å². The van der Waals surface area contributed by atoms with E-state index in [1.165, 1.54) is 5.69 Å². The van der Waals surface area contributed by atoms with Gasteiger partial charge in [-0.15, -0.1) is 0 Å². The van der Waals surface area contributed by atoms with Crippen LogP contribution in [-0.2, 0) is 12.3 Å². The summed E-state index contributed by atoms with van der Waals surface area (Å²) in [5.74, 6) is 1.42. The lowest BCUT2D eigenvalue weighted by Crippen LogP contribution is -2.08. The minimum absolute atomic E-state index is 0.647. The van der Waals surface area contributed by atoms with Gasteiger partial charge in [-0.2, -0.15) is 17.7 Å². The quantitative estimate of drug-likeness (QED) is 0.687. The Balaban J connectivity index is 2.68. The van der Waals surface area contributed by atoms with Gasteiger partial charge in [-0.3, -0.25) is 4.68 Å². The first-order chi connectivity index (χ1) is 5.24. The molecular formula is C8H14N2S. The van der Waals surface area contributed by atoms with Gasteiger partial charge in [-0.25, -0.2) is 0 Å². The van der Waals surface area contributed by atoms with Gasteiger partial charge in [0.05, 0.1) is 0 Å². The zero-order valence-corrected chi connectivity index (χ0v) is 7.88. The SMILES string of the molecule is CC(C)Cn1nccc1CS. The second-order valence-electron chi connectivity index (χ2n) is 3.06. The van der Waals surface area contributed by atoms with Crippen LogP contribution in [0.3, 0.4) is 0 Å². The summed E-state index contributed by atoms with van der Waals surface area (Å²) in [7, 11) is 0. The third-order valence-electron chi connectivity index (χ3n) is 1.50. The highest BCUT2D eigenvalue weighted by Crippen LogP contribution is 2.05. The minimum atomic E-state index is 0.647. The van der Waals surface area contributed by atoms with E-state index in [0.717, 1.165) is 12.3 Å². The molecular weight excluding hydrogens is 156 g/mol. The molecule has 0 amide bonds. The Morgan fingerprint density at radius 1 is 1.64 bits per heavy atom. The Hall–Kier alpha value is -0.440. The average molecular weight is 170 g/mol. The Morgan fingerprint density at radius 2 is 2.36 bits per heavy atom. The van der Waals surface area contributed by atoms with Crippen LogP contribution in [0.5, 0.6) is 0 Å². The summed E-state index contributed by atoms with van der Waals surface area (Å²) in [4.78, 5) is 0. The van der Waals surface area contributed by atoms with Crippen molar-refractivity contribution in [3.8, 4) is 0 Å². The molecule has 0 radical (unpaired) electrons. The second-order valence-corrected chi connectivity index (χ2v) is 3.37. The predicted molar refractivity (Wildman–Crippen MR) is 49.8 cm³/mol. The third-order valence-corrected chi connectivity index (χ3v) is 1.83. The van der Waals surface area contributed by atoms with E-state index in [9.17, 15) is 0 Å². The lowest BCUT2D eigenvalue weighted by atomic mass is 10.2. The fourth-order valence-electron chi connectivity index (χ4n) is 1.00. The molecule has 0 aromatic carbocycles. The fraction of sp³-hybridized carbons (Fsp3) is 0.625. The maximum atomic E-state index is 4.21. The molecule has 0 saturated heterocycles. The molecule has 2 nitrogen and oxygen atoms in total. The maximum Gasteiger partial charge on any atom is 0.0492 e. The standard InChI is InChI=1S/C8H14N2S/c1-7(2)5-10-8(6-11)3-4-9-10/h3-4,7,11H,5-6H2,1-2H3. The first-order valence-corrected chi connectivity index (χ1v) is 4.49. The van der Waals surface area contributed by atoms with Gasteiger partial charge in [0.25, 0.3) is 0 Å². The summed E-state index contributed by atoms with van der Waals surface area (Å²) in [6.07, 6.45) is 1.83. The molecule has 62 valence electrons. The third kappa shape index (κ3) is 2.26. The average Bonchev–Trinajstić information content (AvgIpc) is 2.34. The molecule has 0 N–H and O–H groups in total. The van der Waals surface area contributed by atoms with E-state index in [-0.39, 0.29) is 0 Å². The smallest absolute Gasteiger partial charge is 0.0492 e. The zero-order chi connectivity index (χ0) is 8.27. The number of aromatic nitrogens is 2. The van der Waals surface area contributed by atoms with Crippen LogP contribution in [0.25, 0.3) is 0 Å². The van der Waals surface area contributed by atoms with Crippen molar-refractivity contribution in [2.75, 3.05) is 0 Å². The summed E-state index contributed by atoms with van der Waals surface area (Å²) in [5.41, 5.74) is 1.20. The molecule has 0 aliphatic heterocycles. The molecule has 0 aliphatic carbocycles. The summed E-state index contributed by atoms with van der Waals surface area (Å²) >= 11 is 4.21. The van der Waals surface area contributed by atoms with Crippen molar-refractivity contribution >= 4 is 12.6 Å². The number of hydrogen-bond acceptors (Lipinski definition) is 2. The van der Waals surface area contributed by atoms with Gasteiger partial charge in [0.15, 0.2) is 0 Å². The van der Waals surface area contributed by atoms with Gasteiger partial charge in [-0.05, 0) is 12.0 Å². The van der Waals surface area contributed by atoms with Crippen molar-refractivity contribution in [1.29, 1.82) is 0 Å². The van der Waals surface area contributed by atoms with E-state index in [0.29, 0.717) is 5.92 Å². The molecule has 0 spiro atoms. The van der Waals surface area contributed by atoms with Crippen LogP contribution >= 0.6 is 12.6 Å². The van der Waals surface area contributed by atoms with Crippen LogP contribution in [0, 0.1) is 5.92 Å². The van der Waals surface area contributed by atoms with Gasteiger partial charge < -0.3 is 0 Å². The summed E-state index contributed by atoms with van der Waals surface area (Å²) in [6, 6.07) is 2.01. The first-order valence-electron chi connectivity index (χ1n) is 3.85. The van der Waals surface area contributed by atoms with E-state index in [2.05, 4.69) is 31.6 Å². The van der Waals surface area contributed by atoms with Crippen LogP contribution in [0.1, 0.15) is 19.5 Å². The lowest BCUT2D eigenvalue weighted by Gasteiger charge is -2.07. The largest absolute Gasteiger partial charge is 0.269 e. The molecule has 1 heterocycles. The van der Waals surface area contributed by atoms with Gasteiger partial charge in [0.1, 0.15) is 0 Å². The molecule has 3 heteroatoms. The molecule has 0 aliphatic rings. The molecule has 1 aromatic rings. The monoisotopic (exact) mass is 170 g/mol. The topological polar surface area (TPSA) is 17.8 Å². The molecule has 1 rings (SSSR count). The Kier molecular flexibility index (Phi) is 3.00. The molecule has 0 atom stereocenters. The molecule has 0 bridgehead atoms. The van der Waals surface area contributed by atoms with Crippen molar-refractivity contribution in [3.63, 3.8) is 0 Å². The van der Waals surface area contributed by atoms with Crippen molar-refractivity contribution in [2.45, 2.75) is 26.1 Å². The summed E-state index contributed by atoms with van der Waals surface area (Å²) in [6.45, 7) is 5.36. The number of thiol groups is 1. The Morgan fingerprint density at radius 3 is 2.91 bits per heavy atom. The first kappa shape index (κ1) is 8.65. The van der Waals surface area contributed by atoms with E-state index >= 15 is 0 Å². The molecule has 0 unspecified atom stereocenters. The molecule has 0 fully saturated rings. The van der Waals surface area contributed by atoms with Crippen molar-refractivity contribution in [2.24, 2.45) is 5.92 Å². The van der Waals surface area contributed by atoms with Crippen LogP contribution < -0.4 is 0 Å². The molecule has 11 heavy (non-hydrogen) atoms. The van der Waals surface area contributed by atoms with Crippen molar-refractivity contribution in [1.82, 2.24) is 9.78 Å². The van der Waals surface area contributed by atoms with Crippen molar-refractivity contribution in [3.05, 3.63) is 18.0 Å². The zero-order valence-electron chi connectivity index (χ0n) is 6.99. The predicted octanol–water partition coefficient (Wildman–Crippen LogP) is 1.97. The fourth-order valence-corrected chi connectivity index (χ4v) is 1.27. The normalized spacial score (nSPS) is 10.9. The number of nitrogens with zero attached hydrogens (tertiary/aromatic N) is 2. The van der Waals surface area contributed by atoms with Crippen LogP contribution in [0.2, 0.25) is 0 Å². The number of hydrogen-bond donors (Lipinski definition) is 1. The van der Waals surface area contributed by atoms with E-state index in [1.807, 2.05) is 16.9 Å². The Labute approximate surface area is 73.0 Å². The summed E-state index contributed by atoms with van der Waals surface area (Å²) in [5, 5.41) is 4.19. The van der Waals surface area contributed by atoms with Crippen LogP contribution in [-0.4, -0.2) is 9.78 Å². The van der Waals surface area contributed by atoms with Gasteiger partial charge in [-0.1, -0.05) is 13.8 Å². The number of rotatable bonds is 3. The highest BCUT2D eigenvalue weighted by Gasteiger charge is 2.01. The summed E-state index contributed by atoms with van der Waals surface area (Å²) < 4.78 is 2.01. The van der Waals surface area contributed by atoms with Gasteiger partial charge in [0, 0.05) is 24.2 Å². The molecule has 0 saturated carbocycles. The lowest BCUT2D eigenvalue weighted by molar-refractivity contribution is 0.474. The highest BCUT2D eigenvalue weighted by atomic mass is 32.1. The van der Waals surface area contributed by atoms with E-state index < -0.39 is 0 Å². The maximum absolute atomic E-state index is 4.21. The minimum Gasteiger partial charge on any atom is -0.269 e.